The largest absolute Gasteiger partial charge is 0.327 e. The Balaban J connectivity index is 2.07. The van der Waals surface area contributed by atoms with Crippen LogP contribution >= 0.6 is 0 Å². The number of benzene rings is 1. The molecule has 0 fully saturated rings. The van der Waals surface area contributed by atoms with Crippen LogP contribution in [-0.2, 0) is 25.8 Å². The van der Waals surface area contributed by atoms with Crippen LogP contribution in [0, 0.1) is 11.6 Å². The zero-order valence-electron chi connectivity index (χ0n) is 12.4. The van der Waals surface area contributed by atoms with Gasteiger partial charge in [0.2, 0.25) is 0 Å². The van der Waals surface area contributed by atoms with Gasteiger partial charge in [-0.1, -0.05) is 13.0 Å². The second-order valence-electron chi connectivity index (χ2n) is 5.20. The van der Waals surface area contributed by atoms with E-state index < -0.39 is 11.6 Å². The number of halogens is 2. The smallest absolute Gasteiger partial charge is 0.129 e. The minimum absolute atomic E-state index is 0.225. The maximum Gasteiger partial charge on any atom is 0.129 e. The fraction of sp³-hybridized carbons (Fsp3) is 0.438. The molecule has 1 unspecified atom stereocenters. The minimum atomic E-state index is -0.568. The summed E-state index contributed by atoms with van der Waals surface area (Å²) in [4.78, 5) is 0. The first-order chi connectivity index (χ1) is 10.0. The van der Waals surface area contributed by atoms with Crippen molar-refractivity contribution in [3.05, 3.63) is 52.9 Å². The summed E-state index contributed by atoms with van der Waals surface area (Å²) in [5, 5.41) is 4.47. The molecule has 2 aromatic rings. The Morgan fingerprint density at radius 1 is 1.19 bits per heavy atom. The van der Waals surface area contributed by atoms with Crippen LogP contribution in [0.15, 0.2) is 24.3 Å². The number of hydrogen-bond acceptors (Lipinski definition) is 2. The van der Waals surface area contributed by atoms with Gasteiger partial charge in [-0.05, 0) is 37.5 Å². The Morgan fingerprint density at radius 3 is 2.57 bits per heavy atom. The second-order valence-corrected chi connectivity index (χ2v) is 5.20. The van der Waals surface area contributed by atoms with Crippen LogP contribution in [0.2, 0.25) is 0 Å². The molecule has 2 N–H and O–H groups in total. The van der Waals surface area contributed by atoms with Gasteiger partial charge in [0.15, 0.2) is 0 Å². The lowest BCUT2D eigenvalue weighted by molar-refractivity contribution is 0.545. The summed E-state index contributed by atoms with van der Waals surface area (Å²) >= 11 is 0. The molecule has 1 atom stereocenters. The Kier molecular flexibility index (Phi) is 5.07. The highest BCUT2D eigenvalue weighted by molar-refractivity contribution is 5.20. The predicted molar refractivity (Wildman–Crippen MR) is 79.0 cm³/mol. The number of nitrogens with zero attached hydrogens (tertiary/aromatic N) is 2. The first-order valence-corrected chi connectivity index (χ1v) is 7.28. The molecule has 3 nitrogen and oxygen atoms in total. The summed E-state index contributed by atoms with van der Waals surface area (Å²) in [6, 6.07) is 5.44. The maximum absolute atomic E-state index is 13.6. The highest BCUT2D eigenvalue weighted by Crippen LogP contribution is 2.14. The molecular formula is C16H21F2N3. The molecule has 0 aliphatic rings. The standard InChI is InChI=1S/C16H21F2N3/c1-3-14-10-15(21(4-2)20-14)9-13(19)7-11-5-6-12(17)8-16(11)18/h5-6,8,10,13H,3-4,7,9,19H2,1-2H3. The van der Waals surface area contributed by atoms with Gasteiger partial charge in [0.25, 0.3) is 0 Å². The van der Waals surface area contributed by atoms with Crippen LogP contribution in [-0.4, -0.2) is 15.8 Å². The van der Waals surface area contributed by atoms with Gasteiger partial charge in [0.05, 0.1) is 5.69 Å². The van der Waals surface area contributed by atoms with Crippen molar-refractivity contribution in [1.82, 2.24) is 9.78 Å². The van der Waals surface area contributed by atoms with E-state index in [9.17, 15) is 8.78 Å². The highest BCUT2D eigenvalue weighted by atomic mass is 19.1. The zero-order chi connectivity index (χ0) is 15.4. The molecule has 1 aromatic carbocycles. The van der Waals surface area contributed by atoms with E-state index >= 15 is 0 Å². The van der Waals surface area contributed by atoms with E-state index in [1.54, 1.807) is 0 Å². The quantitative estimate of drug-likeness (QED) is 0.890. The third kappa shape index (κ3) is 3.88. The average Bonchev–Trinajstić information content (AvgIpc) is 2.84. The van der Waals surface area contributed by atoms with Crippen LogP contribution in [0.5, 0.6) is 0 Å². The highest BCUT2D eigenvalue weighted by Gasteiger charge is 2.13. The number of hydrogen-bond donors (Lipinski definition) is 1. The molecule has 2 rings (SSSR count). The van der Waals surface area contributed by atoms with Crippen molar-refractivity contribution < 1.29 is 8.78 Å². The minimum Gasteiger partial charge on any atom is -0.327 e. The van der Waals surface area contributed by atoms with Gasteiger partial charge in [0, 0.05) is 30.8 Å². The fourth-order valence-electron chi connectivity index (χ4n) is 2.44. The van der Waals surface area contributed by atoms with E-state index in [1.807, 2.05) is 17.7 Å². The predicted octanol–water partition coefficient (Wildman–Crippen LogP) is 2.86. The molecule has 0 amide bonds. The first kappa shape index (κ1) is 15.6. The summed E-state index contributed by atoms with van der Waals surface area (Å²) < 4.78 is 28.5. The van der Waals surface area contributed by atoms with Crippen molar-refractivity contribution in [1.29, 1.82) is 0 Å². The van der Waals surface area contributed by atoms with Crippen molar-refractivity contribution in [3.63, 3.8) is 0 Å². The molecule has 5 heteroatoms. The summed E-state index contributed by atoms with van der Waals surface area (Å²) in [5.41, 5.74) is 8.66. The molecule has 0 aliphatic carbocycles. The number of nitrogens with two attached hydrogens (primary N) is 1. The van der Waals surface area contributed by atoms with E-state index in [2.05, 4.69) is 12.0 Å². The van der Waals surface area contributed by atoms with E-state index in [1.165, 1.54) is 12.1 Å². The third-order valence-electron chi connectivity index (χ3n) is 3.54. The van der Waals surface area contributed by atoms with Crippen molar-refractivity contribution in [2.75, 3.05) is 0 Å². The van der Waals surface area contributed by atoms with Gasteiger partial charge in [-0.25, -0.2) is 8.78 Å². The molecule has 21 heavy (non-hydrogen) atoms. The Morgan fingerprint density at radius 2 is 1.95 bits per heavy atom. The topological polar surface area (TPSA) is 43.8 Å². The van der Waals surface area contributed by atoms with Crippen LogP contribution in [0.25, 0.3) is 0 Å². The molecule has 0 saturated carbocycles. The van der Waals surface area contributed by atoms with Gasteiger partial charge >= 0.3 is 0 Å². The van der Waals surface area contributed by atoms with Crippen molar-refractivity contribution >= 4 is 0 Å². The molecule has 0 spiro atoms. The van der Waals surface area contributed by atoms with Crippen LogP contribution in [0.4, 0.5) is 8.78 Å². The molecule has 1 aromatic heterocycles. The normalized spacial score (nSPS) is 12.6. The number of rotatable bonds is 6. The SMILES string of the molecule is CCc1cc(CC(N)Cc2ccc(F)cc2F)n(CC)n1. The Labute approximate surface area is 123 Å². The summed E-state index contributed by atoms with van der Waals surface area (Å²) in [6.07, 6.45) is 1.88. The van der Waals surface area contributed by atoms with Crippen molar-refractivity contribution in [3.8, 4) is 0 Å². The monoisotopic (exact) mass is 293 g/mol. The number of aryl methyl sites for hydroxylation is 2. The van der Waals surface area contributed by atoms with E-state index in [0.717, 1.165) is 30.4 Å². The average molecular weight is 293 g/mol. The second kappa shape index (κ2) is 6.80. The van der Waals surface area contributed by atoms with Gasteiger partial charge < -0.3 is 5.73 Å². The lowest BCUT2D eigenvalue weighted by Crippen LogP contribution is -2.27. The first-order valence-electron chi connectivity index (χ1n) is 7.28. The summed E-state index contributed by atoms with van der Waals surface area (Å²) in [6.45, 7) is 4.87. The fourth-order valence-corrected chi connectivity index (χ4v) is 2.44. The lowest BCUT2D eigenvalue weighted by atomic mass is 10.0. The molecule has 0 bridgehead atoms. The molecule has 0 aliphatic heterocycles. The molecule has 1 heterocycles. The molecular weight excluding hydrogens is 272 g/mol. The maximum atomic E-state index is 13.6. The summed E-state index contributed by atoms with van der Waals surface area (Å²) in [7, 11) is 0. The van der Waals surface area contributed by atoms with Crippen LogP contribution in [0.3, 0.4) is 0 Å². The molecule has 0 radical (unpaired) electrons. The van der Waals surface area contributed by atoms with Crippen LogP contribution in [0.1, 0.15) is 30.8 Å². The lowest BCUT2D eigenvalue weighted by Gasteiger charge is -2.13. The zero-order valence-corrected chi connectivity index (χ0v) is 12.4. The summed E-state index contributed by atoms with van der Waals surface area (Å²) in [5.74, 6) is -1.11. The van der Waals surface area contributed by atoms with Gasteiger partial charge in [-0.3, -0.25) is 4.68 Å². The Hall–Kier alpha value is -1.75. The van der Waals surface area contributed by atoms with E-state index in [0.29, 0.717) is 18.4 Å². The number of aromatic nitrogens is 2. The third-order valence-corrected chi connectivity index (χ3v) is 3.54. The Bertz CT molecular complexity index is 608. The van der Waals surface area contributed by atoms with Gasteiger partial charge in [0.1, 0.15) is 11.6 Å². The van der Waals surface area contributed by atoms with Crippen molar-refractivity contribution in [2.24, 2.45) is 5.73 Å². The molecule has 0 saturated heterocycles. The van der Waals surface area contributed by atoms with E-state index in [-0.39, 0.29) is 6.04 Å². The van der Waals surface area contributed by atoms with E-state index in [4.69, 9.17) is 5.73 Å². The van der Waals surface area contributed by atoms with Gasteiger partial charge in [-0.2, -0.15) is 5.10 Å². The van der Waals surface area contributed by atoms with Crippen molar-refractivity contribution in [2.45, 2.75) is 45.7 Å². The van der Waals surface area contributed by atoms with Gasteiger partial charge in [-0.15, -0.1) is 0 Å². The van der Waals surface area contributed by atoms with Crippen LogP contribution < -0.4 is 5.73 Å². The molecule has 114 valence electrons.